The van der Waals surface area contributed by atoms with Gasteiger partial charge in [0.05, 0.1) is 11.4 Å². The van der Waals surface area contributed by atoms with Gasteiger partial charge in [-0.15, -0.1) is 0 Å². The number of carbonyl (C=O) groups excluding carboxylic acids is 1. The summed E-state index contributed by atoms with van der Waals surface area (Å²) in [6, 6.07) is 8.82. The molecule has 2 aromatic rings. The quantitative estimate of drug-likeness (QED) is 0.654. The first-order valence-electron chi connectivity index (χ1n) is 10.7. The first kappa shape index (κ1) is 22.8. The third-order valence-corrected chi connectivity index (χ3v) is 7.85. The van der Waals surface area contributed by atoms with Gasteiger partial charge < -0.3 is 19.6 Å². The summed E-state index contributed by atoms with van der Waals surface area (Å²) in [4.78, 5) is 30.5. The Labute approximate surface area is 192 Å². The number of fused-ring (bicyclic) bond motifs is 1. The first-order chi connectivity index (χ1) is 15.8. The van der Waals surface area contributed by atoms with Crippen molar-refractivity contribution in [1.82, 2.24) is 14.8 Å². The number of carbonyl (C=O) groups is 2. The Balaban J connectivity index is 1.34. The predicted octanol–water partition coefficient (Wildman–Crippen LogP) is 1.93. The van der Waals surface area contributed by atoms with E-state index in [9.17, 15) is 18.0 Å². The summed E-state index contributed by atoms with van der Waals surface area (Å²) in [6.07, 6.45) is 3.31. The Hall–Kier alpha value is -3.34. The molecule has 1 aromatic heterocycles. The highest BCUT2D eigenvalue weighted by atomic mass is 32.2. The Morgan fingerprint density at radius 3 is 2.61 bits per heavy atom. The lowest BCUT2D eigenvalue weighted by Crippen LogP contribution is -2.43. The number of benzene rings is 1. The third kappa shape index (κ3) is 5.54. The second kappa shape index (κ2) is 9.65. The molecule has 2 N–H and O–H groups in total. The summed E-state index contributed by atoms with van der Waals surface area (Å²) < 4.78 is 33.7. The Kier molecular flexibility index (Phi) is 6.68. The van der Waals surface area contributed by atoms with Crippen LogP contribution in [-0.2, 0) is 27.8 Å². The molecular weight excluding hydrogens is 448 g/mol. The minimum absolute atomic E-state index is 0.0698. The van der Waals surface area contributed by atoms with Gasteiger partial charge in [-0.3, -0.25) is 14.5 Å². The lowest BCUT2D eigenvalue weighted by atomic mass is 9.99. The van der Waals surface area contributed by atoms with E-state index in [2.05, 4.69) is 9.71 Å². The normalized spacial score (nSPS) is 16.7. The number of ether oxygens (including phenoxy) is 1. The van der Waals surface area contributed by atoms with Crippen molar-refractivity contribution < 1.29 is 27.9 Å². The van der Waals surface area contributed by atoms with Crippen LogP contribution in [0.3, 0.4) is 0 Å². The maximum atomic E-state index is 12.8. The van der Waals surface area contributed by atoms with Gasteiger partial charge in [0, 0.05) is 38.1 Å². The molecule has 2 aliphatic heterocycles. The van der Waals surface area contributed by atoms with Gasteiger partial charge in [0.2, 0.25) is 10.0 Å². The van der Waals surface area contributed by atoms with Crippen molar-refractivity contribution in [3.63, 3.8) is 0 Å². The van der Waals surface area contributed by atoms with Crippen LogP contribution in [0.5, 0.6) is 5.75 Å². The molecule has 11 heteroatoms. The van der Waals surface area contributed by atoms with Crippen molar-refractivity contribution in [1.29, 1.82) is 0 Å². The monoisotopic (exact) mass is 474 g/mol. The number of rotatable bonds is 6. The molecule has 0 bridgehead atoms. The van der Waals surface area contributed by atoms with E-state index < -0.39 is 21.4 Å². The van der Waals surface area contributed by atoms with Crippen LogP contribution >= 0.6 is 0 Å². The Morgan fingerprint density at radius 2 is 1.91 bits per heavy atom. The molecule has 0 saturated carbocycles. The molecule has 176 valence electrons. The van der Waals surface area contributed by atoms with E-state index in [1.165, 1.54) is 4.90 Å². The van der Waals surface area contributed by atoms with Crippen molar-refractivity contribution >= 4 is 27.7 Å². The smallest absolute Gasteiger partial charge is 0.407 e. The van der Waals surface area contributed by atoms with Crippen LogP contribution in [0.2, 0.25) is 0 Å². The minimum Gasteiger partial charge on any atom is -0.482 e. The van der Waals surface area contributed by atoms with Gasteiger partial charge in [-0.1, -0.05) is 6.07 Å². The second-order valence-electron chi connectivity index (χ2n) is 8.14. The summed E-state index contributed by atoms with van der Waals surface area (Å²) in [5.41, 5.74) is 2.44. The number of sulfonamides is 1. The number of pyridine rings is 1. The van der Waals surface area contributed by atoms with Crippen LogP contribution in [0.4, 0.5) is 10.5 Å². The summed E-state index contributed by atoms with van der Waals surface area (Å²) >= 11 is 0. The van der Waals surface area contributed by atoms with Gasteiger partial charge in [0.15, 0.2) is 6.61 Å². The molecular formula is C22H26N4O6S. The molecule has 4 rings (SSSR count). The zero-order chi connectivity index (χ0) is 23.4. The number of piperidine rings is 1. The summed E-state index contributed by atoms with van der Waals surface area (Å²) in [7, 11) is -3.63. The van der Waals surface area contributed by atoms with Gasteiger partial charge in [-0.05, 0) is 54.7 Å². The molecule has 0 radical (unpaired) electrons. The molecule has 1 fully saturated rings. The standard InChI is InChI=1S/C22H26N4O6S/c27-21(15-32-19-2-1-8-23-13-19)26-9-5-16-12-18(4-3-17(16)14-26)24-33(30,31)20-6-10-25(11-7-20)22(28)29/h1-4,8,12-13,20,24H,5-7,9-11,14-15H2,(H,28,29). The largest absolute Gasteiger partial charge is 0.482 e. The maximum absolute atomic E-state index is 12.8. The topological polar surface area (TPSA) is 129 Å². The Morgan fingerprint density at radius 1 is 1.12 bits per heavy atom. The second-order valence-corrected chi connectivity index (χ2v) is 10.1. The van der Waals surface area contributed by atoms with Gasteiger partial charge >= 0.3 is 6.09 Å². The van der Waals surface area contributed by atoms with Crippen LogP contribution in [0.25, 0.3) is 0 Å². The molecule has 10 nitrogen and oxygen atoms in total. The van der Waals surface area contributed by atoms with Gasteiger partial charge in [0.1, 0.15) is 5.75 Å². The number of likely N-dealkylation sites (tertiary alicyclic amines) is 1. The number of carboxylic acid groups (broad SMARTS) is 1. The molecule has 2 aliphatic rings. The van der Waals surface area contributed by atoms with E-state index in [0.717, 1.165) is 11.1 Å². The SMILES string of the molecule is O=C(O)N1CCC(S(=O)(=O)Nc2ccc3c(c2)CCN(C(=O)COc2cccnc2)C3)CC1. The predicted molar refractivity (Wildman–Crippen MR) is 120 cm³/mol. The highest BCUT2D eigenvalue weighted by Gasteiger charge is 2.32. The van der Waals surface area contributed by atoms with E-state index in [1.54, 1.807) is 35.5 Å². The van der Waals surface area contributed by atoms with E-state index in [0.29, 0.717) is 30.9 Å². The van der Waals surface area contributed by atoms with Crippen molar-refractivity contribution in [2.75, 3.05) is 31.0 Å². The molecule has 33 heavy (non-hydrogen) atoms. The minimum atomic E-state index is -3.63. The number of anilines is 1. The third-order valence-electron chi connectivity index (χ3n) is 5.98. The summed E-state index contributed by atoms with van der Waals surface area (Å²) in [6.45, 7) is 1.30. The van der Waals surface area contributed by atoms with Crippen LogP contribution in [0.1, 0.15) is 24.0 Å². The number of aromatic nitrogens is 1. The van der Waals surface area contributed by atoms with Gasteiger partial charge in [-0.2, -0.15) is 0 Å². The number of amides is 2. The van der Waals surface area contributed by atoms with Crippen molar-refractivity contribution in [3.8, 4) is 5.75 Å². The molecule has 2 amide bonds. The first-order valence-corrected chi connectivity index (χ1v) is 12.3. The number of nitrogens with zero attached hydrogens (tertiary/aromatic N) is 3. The molecule has 0 aliphatic carbocycles. The Bertz CT molecular complexity index is 1120. The molecule has 0 spiro atoms. The fourth-order valence-electron chi connectivity index (χ4n) is 4.10. The van der Waals surface area contributed by atoms with Gasteiger partial charge in [-0.25, -0.2) is 13.2 Å². The van der Waals surface area contributed by atoms with Crippen LogP contribution < -0.4 is 9.46 Å². The van der Waals surface area contributed by atoms with Gasteiger partial charge in [0.25, 0.3) is 5.91 Å². The molecule has 3 heterocycles. The maximum Gasteiger partial charge on any atom is 0.407 e. The number of hydrogen-bond donors (Lipinski definition) is 2. The highest BCUT2D eigenvalue weighted by molar-refractivity contribution is 7.93. The fraction of sp³-hybridized carbons (Fsp3) is 0.409. The van der Waals surface area contributed by atoms with E-state index in [4.69, 9.17) is 9.84 Å². The average molecular weight is 475 g/mol. The zero-order valence-corrected chi connectivity index (χ0v) is 18.8. The number of nitrogens with one attached hydrogen (secondary N) is 1. The zero-order valence-electron chi connectivity index (χ0n) is 18.0. The average Bonchev–Trinajstić information content (AvgIpc) is 2.82. The van der Waals surface area contributed by atoms with Crippen molar-refractivity contribution in [2.45, 2.75) is 31.1 Å². The summed E-state index contributed by atoms with van der Waals surface area (Å²) in [5, 5.41) is 8.41. The fourth-order valence-corrected chi connectivity index (χ4v) is 5.56. The lowest BCUT2D eigenvalue weighted by molar-refractivity contribution is -0.134. The number of hydrogen-bond acceptors (Lipinski definition) is 6. The molecule has 1 saturated heterocycles. The molecule has 1 aromatic carbocycles. The highest BCUT2D eigenvalue weighted by Crippen LogP contribution is 2.26. The van der Waals surface area contributed by atoms with Crippen molar-refractivity contribution in [2.24, 2.45) is 0 Å². The van der Waals surface area contributed by atoms with Crippen LogP contribution in [0, 0.1) is 0 Å². The molecule has 0 unspecified atom stereocenters. The van der Waals surface area contributed by atoms with Crippen molar-refractivity contribution in [3.05, 3.63) is 53.9 Å². The molecule has 0 atom stereocenters. The van der Waals surface area contributed by atoms with E-state index >= 15 is 0 Å². The van der Waals surface area contributed by atoms with Crippen LogP contribution in [0.15, 0.2) is 42.7 Å². The lowest BCUT2D eigenvalue weighted by Gasteiger charge is -2.30. The van der Waals surface area contributed by atoms with E-state index in [1.807, 2.05) is 12.1 Å². The van der Waals surface area contributed by atoms with E-state index in [-0.39, 0.29) is 38.4 Å². The summed E-state index contributed by atoms with van der Waals surface area (Å²) in [5.74, 6) is 0.413. The van der Waals surface area contributed by atoms with Crippen LogP contribution in [-0.4, -0.2) is 71.8 Å².